The standard InChI is InChI=1S/C26H28N4O4S/c1-29-16-21(19-7-5-4-6-8-19)23-24(29)25(32)30(13-14-33-2)26(28-23)35-17-22(31)27-15-18-9-11-20(34-3)12-10-18/h4-12,16H,13-15,17H2,1-3H3,(H,27,31). The lowest BCUT2D eigenvalue weighted by Gasteiger charge is -2.13. The third kappa shape index (κ3) is 5.58. The summed E-state index contributed by atoms with van der Waals surface area (Å²) in [5.41, 5.74) is 3.82. The lowest BCUT2D eigenvalue weighted by Crippen LogP contribution is -2.28. The molecule has 2 aromatic carbocycles. The summed E-state index contributed by atoms with van der Waals surface area (Å²) in [7, 11) is 5.05. The first kappa shape index (κ1) is 24.6. The van der Waals surface area contributed by atoms with Crippen molar-refractivity contribution in [1.29, 1.82) is 0 Å². The van der Waals surface area contributed by atoms with Gasteiger partial charge in [-0.15, -0.1) is 0 Å². The van der Waals surface area contributed by atoms with E-state index in [9.17, 15) is 9.59 Å². The fourth-order valence-corrected chi connectivity index (χ4v) is 4.64. The van der Waals surface area contributed by atoms with Crippen LogP contribution in [0.15, 0.2) is 70.7 Å². The number of fused-ring (bicyclic) bond motifs is 1. The van der Waals surface area contributed by atoms with Gasteiger partial charge in [-0.25, -0.2) is 4.98 Å². The van der Waals surface area contributed by atoms with Crippen LogP contribution < -0.4 is 15.6 Å². The number of thioether (sulfide) groups is 1. The molecule has 2 aromatic heterocycles. The number of aryl methyl sites for hydroxylation is 1. The number of carbonyl (C=O) groups is 1. The van der Waals surface area contributed by atoms with Crippen LogP contribution in [0, 0.1) is 0 Å². The SMILES string of the molecule is COCCn1c(SCC(=O)NCc2ccc(OC)cc2)nc2c(-c3ccccc3)cn(C)c2c1=O. The first-order valence-corrected chi connectivity index (χ1v) is 12.2. The summed E-state index contributed by atoms with van der Waals surface area (Å²) in [6.07, 6.45) is 1.92. The Balaban J connectivity index is 1.58. The number of carbonyl (C=O) groups excluding carboxylic acids is 1. The Labute approximate surface area is 207 Å². The van der Waals surface area contributed by atoms with E-state index in [2.05, 4.69) is 5.32 Å². The van der Waals surface area contributed by atoms with Crippen LogP contribution in [0.3, 0.4) is 0 Å². The van der Waals surface area contributed by atoms with Crippen molar-refractivity contribution in [2.75, 3.05) is 26.6 Å². The van der Waals surface area contributed by atoms with Crippen LogP contribution >= 0.6 is 11.8 Å². The Morgan fingerprint density at radius 2 is 1.83 bits per heavy atom. The molecule has 0 unspecified atom stereocenters. The quantitative estimate of drug-likeness (QED) is 0.270. The molecule has 1 amide bonds. The number of hydrogen-bond donors (Lipinski definition) is 1. The van der Waals surface area contributed by atoms with E-state index < -0.39 is 0 Å². The van der Waals surface area contributed by atoms with Gasteiger partial charge >= 0.3 is 0 Å². The van der Waals surface area contributed by atoms with Crippen LogP contribution in [-0.2, 0) is 29.7 Å². The maximum absolute atomic E-state index is 13.5. The van der Waals surface area contributed by atoms with Crippen molar-refractivity contribution in [2.24, 2.45) is 7.05 Å². The maximum atomic E-state index is 13.5. The normalized spacial score (nSPS) is 11.1. The van der Waals surface area contributed by atoms with Gasteiger partial charge in [0.1, 0.15) is 16.8 Å². The Morgan fingerprint density at radius 3 is 2.51 bits per heavy atom. The number of methoxy groups -OCH3 is 2. The zero-order chi connectivity index (χ0) is 24.8. The van der Waals surface area contributed by atoms with E-state index in [0.29, 0.717) is 35.9 Å². The van der Waals surface area contributed by atoms with Crippen LogP contribution in [0.5, 0.6) is 5.75 Å². The largest absolute Gasteiger partial charge is 0.497 e. The minimum atomic E-state index is -0.155. The average Bonchev–Trinajstić information content (AvgIpc) is 3.22. The van der Waals surface area contributed by atoms with E-state index in [1.807, 2.05) is 72.4 Å². The number of rotatable bonds is 10. The number of amides is 1. The van der Waals surface area contributed by atoms with Gasteiger partial charge in [0.25, 0.3) is 5.56 Å². The predicted molar refractivity (Wildman–Crippen MR) is 138 cm³/mol. The van der Waals surface area contributed by atoms with Crippen LogP contribution in [0.4, 0.5) is 0 Å². The number of benzene rings is 2. The number of nitrogens with zero attached hydrogens (tertiary/aromatic N) is 3. The van der Waals surface area contributed by atoms with Crippen molar-refractivity contribution in [3.05, 3.63) is 76.7 Å². The number of hydrogen-bond acceptors (Lipinski definition) is 6. The predicted octanol–water partition coefficient (Wildman–Crippen LogP) is 3.47. The van der Waals surface area contributed by atoms with E-state index in [1.54, 1.807) is 18.8 Å². The summed E-state index contributed by atoms with van der Waals surface area (Å²) >= 11 is 1.24. The molecule has 0 bridgehead atoms. The van der Waals surface area contributed by atoms with E-state index in [0.717, 1.165) is 22.4 Å². The molecule has 0 aliphatic rings. The molecular formula is C26H28N4O4S. The third-order valence-corrected chi connectivity index (χ3v) is 6.60. The van der Waals surface area contributed by atoms with Crippen molar-refractivity contribution in [2.45, 2.75) is 18.2 Å². The minimum absolute atomic E-state index is 0.134. The Kier molecular flexibility index (Phi) is 7.89. The summed E-state index contributed by atoms with van der Waals surface area (Å²) in [5.74, 6) is 0.755. The molecule has 4 aromatic rings. The molecule has 0 aliphatic carbocycles. The van der Waals surface area contributed by atoms with Gasteiger partial charge in [-0.3, -0.25) is 14.2 Å². The van der Waals surface area contributed by atoms with Crippen LogP contribution in [0.1, 0.15) is 5.56 Å². The molecule has 0 fully saturated rings. The molecule has 4 rings (SSSR count). The Bertz CT molecular complexity index is 1360. The lowest BCUT2D eigenvalue weighted by molar-refractivity contribution is -0.118. The Morgan fingerprint density at radius 1 is 1.09 bits per heavy atom. The molecule has 35 heavy (non-hydrogen) atoms. The van der Waals surface area contributed by atoms with Gasteiger partial charge < -0.3 is 19.4 Å². The van der Waals surface area contributed by atoms with Crippen molar-refractivity contribution in [3.63, 3.8) is 0 Å². The topological polar surface area (TPSA) is 87.4 Å². The average molecular weight is 493 g/mol. The highest BCUT2D eigenvalue weighted by Crippen LogP contribution is 2.29. The van der Waals surface area contributed by atoms with Crippen LogP contribution in [-0.4, -0.2) is 46.6 Å². The summed E-state index contributed by atoms with van der Waals surface area (Å²) in [6, 6.07) is 17.4. The van der Waals surface area contributed by atoms with Crippen molar-refractivity contribution in [3.8, 4) is 16.9 Å². The van der Waals surface area contributed by atoms with Gasteiger partial charge in [0, 0.05) is 32.5 Å². The molecule has 9 heteroatoms. The first-order chi connectivity index (χ1) is 17.0. The highest BCUT2D eigenvalue weighted by molar-refractivity contribution is 7.99. The van der Waals surface area contributed by atoms with Crippen molar-refractivity contribution in [1.82, 2.24) is 19.4 Å². The van der Waals surface area contributed by atoms with E-state index in [-0.39, 0.29) is 17.2 Å². The van der Waals surface area contributed by atoms with Gasteiger partial charge in [0.2, 0.25) is 5.91 Å². The highest BCUT2D eigenvalue weighted by Gasteiger charge is 2.19. The second kappa shape index (κ2) is 11.2. The van der Waals surface area contributed by atoms with E-state index in [4.69, 9.17) is 14.5 Å². The molecule has 8 nitrogen and oxygen atoms in total. The van der Waals surface area contributed by atoms with Gasteiger partial charge in [-0.2, -0.15) is 0 Å². The Hall–Kier alpha value is -3.56. The monoisotopic (exact) mass is 492 g/mol. The molecule has 0 saturated carbocycles. The molecular weight excluding hydrogens is 464 g/mol. The zero-order valence-electron chi connectivity index (χ0n) is 20.0. The molecule has 0 radical (unpaired) electrons. The first-order valence-electron chi connectivity index (χ1n) is 11.2. The molecule has 182 valence electrons. The molecule has 2 heterocycles. The second-order valence-electron chi connectivity index (χ2n) is 7.97. The molecule has 0 saturated heterocycles. The van der Waals surface area contributed by atoms with Crippen molar-refractivity contribution < 1.29 is 14.3 Å². The maximum Gasteiger partial charge on any atom is 0.278 e. The summed E-state index contributed by atoms with van der Waals surface area (Å²) in [6.45, 7) is 1.11. The second-order valence-corrected chi connectivity index (χ2v) is 8.92. The number of nitrogens with one attached hydrogen (secondary N) is 1. The smallest absolute Gasteiger partial charge is 0.278 e. The van der Waals surface area contributed by atoms with Crippen molar-refractivity contribution >= 4 is 28.7 Å². The van der Waals surface area contributed by atoms with Gasteiger partial charge in [0.05, 0.1) is 26.0 Å². The van der Waals surface area contributed by atoms with Gasteiger partial charge in [-0.05, 0) is 23.3 Å². The lowest BCUT2D eigenvalue weighted by atomic mass is 10.1. The molecule has 0 spiro atoms. The highest BCUT2D eigenvalue weighted by atomic mass is 32.2. The summed E-state index contributed by atoms with van der Waals surface area (Å²) in [5, 5.41) is 3.41. The zero-order valence-corrected chi connectivity index (χ0v) is 20.8. The molecule has 0 aliphatic heterocycles. The summed E-state index contributed by atoms with van der Waals surface area (Å²) in [4.78, 5) is 30.9. The fourth-order valence-electron chi connectivity index (χ4n) is 3.79. The number of ether oxygens (including phenoxy) is 2. The van der Waals surface area contributed by atoms with Crippen LogP contribution in [0.2, 0.25) is 0 Å². The van der Waals surface area contributed by atoms with Gasteiger partial charge in [0.15, 0.2) is 5.16 Å². The number of aromatic nitrogens is 3. The third-order valence-electron chi connectivity index (χ3n) is 5.63. The molecule has 0 atom stereocenters. The van der Waals surface area contributed by atoms with Crippen LogP contribution in [0.25, 0.3) is 22.2 Å². The molecule has 1 N–H and O–H groups in total. The summed E-state index contributed by atoms with van der Waals surface area (Å²) < 4.78 is 13.8. The van der Waals surface area contributed by atoms with Gasteiger partial charge in [-0.1, -0.05) is 54.2 Å². The minimum Gasteiger partial charge on any atom is -0.497 e. The van der Waals surface area contributed by atoms with E-state index >= 15 is 0 Å². The fraction of sp³-hybridized carbons (Fsp3) is 0.269. The van der Waals surface area contributed by atoms with E-state index in [1.165, 1.54) is 11.8 Å².